The number of methoxy groups -OCH3 is 2. The van der Waals surface area contributed by atoms with E-state index in [0.717, 1.165) is 31.5 Å². The number of ether oxygens (including phenoxy) is 2. The molecule has 1 aromatic heterocycles. The number of phenols is 1. The van der Waals surface area contributed by atoms with Crippen LogP contribution < -0.4 is 9.47 Å². The monoisotopic (exact) mass is 381 g/mol. The highest BCUT2D eigenvalue weighted by atomic mass is 16.5. The molecule has 6 heteroatoms. The van der Waals surface area contributed by atoms with Crippen LogP contribution in [-0.2, 0) is 6.54 Å². The van der Waals surface area contributed by atoms with Crippen LogP contribution in [0.4, 0.5) is 0 Å². The molecular weight excluding hydrogens is 358 g/mol. The maximum Gasteiger partial charge on any atom is 0.197 e. The van der Waals surface area contributed by atoms with Crippen LogP contribution in [0.2, 0.25) is 0 Å². The van der Waals surface area contributed by atoms with E-state index in [1.54, 1.807) is 37.4 Å². The summed E-state index contributed by atoms with van der Waals surface area (Å²) in [6.07, 6.45) is 3.77. The van der Waals surface area contributed by atoms with Gasteiger partial charge in [0.15, 0.2) is 17.3 Å². The van der Waals surface area contributed by atoms with Gasteiger partial charge in [-0.25, -0.2) is 0 Å². The van der Waals surface area contributed by atoms with Gasteiger partial charge in [-0.05, 0) is 56.3 Å². The third kappa shape index (κ3) is 3.20. The fourth-order valence-electron chi connectivity index (χ4n) is 3.81. The van der Waals surface area contributed by atoms with E-state index in [4.69, 9.17) is 13.9 Å². The van der Waals surface area contributed by atoms with Crippen LogP contribution in [-0.4, -0.2) is 43.1 Å². The van der Waals surface area contributed by atoms with E-state index >= 15 is 0 Å². The lowest BCUT2D eigenvalue weighted by atomic mass is 9.98. The SMILES string of the molecule is COc1ccc(C(=O)c2coc3ccc(O)c(CN4CCCC4)c23)cc1OC. The minimum atomic E-state index is -0.187. The minimum Gasteiger partial charge on any atom is -0.508 e. The van der Waals surface area contributed by atoms with Gasteiger partial charge in [0.25, 0.3) is 0 Å². The number of furan rings is 1. The number of carbonyl (C=O) groups is 1. The van der Waals surface area contributed by atoms with Crippen LogP contribution in [0.5, 0.6) is 17.2 Å². The standard InChI is InChI=1S/C22H23NO5/c1-26-18-7-5-14(11-20(18)27-2)22(25)16-13-28-19-8-6-17(24)15(21(16)19)12-23-9-3-4-10-23/h5-8,11,13,24H,3-4,9-10,12H2,1-2H3. The van der Waals surface area contributed by atoms with Crippen molar-refractivity contribution in [1.29, 1.82) is 0 Å². The highest BCUT2D eigenvalue weighted by Gasteiger charge is 2.23. The fraction of sp³-hybridized carbons (Fsp3) is 0.318. The van der Waals surface area contributed by atoms with E-state index < -0.39 is 0 Å². The molecule has 4 rings (SSSR count). The molecule has 2 heterocycles. The fourth-order valence-corrected chi connectivity index (χ4v) is 3.81. The van der Waals surface area contributed by atoms with Gasteiger partial charge in [0.2, 0.25) is 0 Å². The Balaban J connectivity index is 1.78. The van der Waals surface area contributed by atoms with Crippen LogP contribution in [0.15, 0.2) is 41.0 Å². The Hall–Kier alpha value is -2.99. The van der Waals surface area contributed by atoms with Gasteiger partial charge in [-0.1, -0.05) is 0 Å². The van der Waals surface area contributed by atoms with Gasteiger partial charge >= 0.3 is 0 Å². The van der Waals surface area contributed by atoms with Crippen molar-refractivity contribution in [2.24, 2.45) is 0 Å². The molecule has 1 saturated heterocycles. The Bertz CT molecular complexity index is 1020. The quantitative estimate of drug-likeness (QED) is 0.651. The minimum absolute atomic E-state index is 0.183. The maximum absolute atomic E-state index is 13.2. The van der Waals surface area contributed by atoms with Crippen molar-refractivity contribution in [2.75, 3.05) is 27.3 Å². The Kier molecular flexibility index (Phi) is 4.96. The van der Waals surface area contributed by atoms with Gasteiger partial charge in [0.05, 0.1) is 19.8 Å². The summed E-state index contributed by atoms with van der Waals surface area (Å²) in [5.74, 6) is 1.04. The number of benzene rings is 2. The molecular formula is C22H23NO5. The Morgan fingerprint density at radius 1 is 1.11 bits per heavy atom. The lowest BCUT2D eigenvalue weighted by Crippen LogP contribution is -2.18. The van der Waals surface area contributed by atoms with E-state index in [1.165, 1.54) is 13.4 Å². The largest absolute Gasteiger partial charge is 0.508 e. The summed E-state index contributed by atoms with van der Waals surface area (Å²) in [7, 11) is 3.09. The normalized spacial score (nSPS) is 14.5. The van der Waals surface area contributed by atoms with Crippen molar-refractivity contribution in [3.8, 4) is 17.2 Å². The Morgan fingerprint density at radius 2 is 1.86 bits per heavy atom. The zero-order valence-electron chi connectivity index (χ0n) is 16.0. The molecule has 1 N–H and O–H groups in total. The molecule has 3 aromatic rings. The zero-order valence-corrected chi connectivity index (χ0v) is 16.0. The number of hydrogen-bond donors (Lipinski definition) is 1. The second kappa shape index (κ2) is 7.56. The van der Waals surface area contributed by atoms with E-state index in [-0.39, 0.29) is 11.5 Å². The van der Waals surface area contributed by atoms with E-state index in [0.29, 0.717) is 40.1 Å². The summed E-state index contributed by atoms with van der Waals surface area (Å²) in [4.78, 5) is 15.5. The molecule has 28 heavy (non-hydrogen) atoms. The first-order valence-corrected chi connectivity index (χ1v) is 9.33. The Labute approximate surface area is 163 Å². The van der Waals surface area contributed by atoms with Gasteiger partial charge in [0, 0.05) is 23.1 Å². The molecule has 0 spiro atoms. The highest BCUT2D eigenvalue weighted by Crippen LogP contribution is 2.35. The third-order valence-corrected chi connectivity index (χ3v) is 5.29. The molecule has 0 unspecified atom stereocenters. The summed E-state index contributed by atoms with van der Waals surface area (Å²) in [6, 6.07) is 8.39. The Morgan fingerprint density at radius 3 is 2.57 bits per heavy atom. The molecule has 0 aliphatic carbocycles. The van der Waals surface area contributed by atoms with Crippen molar-refractivity contribution in [3.63, 3.8) is 0 Å². The van der Waals surface area contributed by atoms with Crippen LogP contribution in [0, 0.1) is 0 Å². The number of phenolic OH excluding ortho intramolecular Hbond substituents is 1. The van der Waals surface area contributed by atoms with Gasteiger partial charge < -0.3 is 19.0 Å². The first kappa shape index (κ1) is 18.4. The molecule has 6 nitrogen and oxygen atoms in total. The van der Waals surface area contributed by atoms with Crippen LogP contribution in [0.1, 0.15) is 34.3 Å². The number of hydrogen-bond acceptors (Lipinski definition) is 6. The molecule has 0 radical (unpaired) electrons. The van der Waals surface area contributed by atoms with Gasteiger partial charge in [-0.3, -0.25) is 9.69 Å². The molecule has 0 saturated carbocycles. The summed E-state index contributed by atoms with van der Waals surface area (Å²) in [6.45, 7) is 2.58. The number of likely N-dealkylation sites (tertiary alicyclic amines) is 1. The van der Waals surface area contributed by atoms with Crippen molar-refractivity contribution >= 4 is 16.8 Å². The van der Waals surface area contributed by atoms with Crippen LogP contribution >= 0.6 is 0 Å². The smallest absolute Gasteiger partial charge is 0.197 e. The molecule has 1 fully saturated rings. The number of nitrogens with zero attached hydrogens (tertiary/aromatic N) is 1. The molecule has 1 aliphatic rings. The second-order valence-electron chi connectivity index (χ2n) is 6.97. The van der Waals surface area contributed by atoms with Crippen molar-refractivity contribution in [1.82, 2.24) is 4.90 Å². The zero-order chi connectivity index (χ0) is 19.7. The predicted octanol–water partition coefficient (Wildman–Crippen LogP) is 3.98. The molecule has 0 amide bonds. The number of ketones is 1. The molecule has 146 valence electrons. The van der Waals surface area contributed by atoms with Crippen LogP contribution in [0.3, 0.4) is 0 Å². The predicted molar refractivity (Wildman–Crippen MR) is 105 cm³/mol. The molecule has 2 aromatic carbocycles. The average molecular weight is 381 g/mol. The van der Waals surface area contributed by atoms with E-state index in [2.05, 4.69) is 4.90 Å². The third-order valence-electron chi connectivity index (χ3n) is 5.29. The van der Waals surface area contributed by atoms with E-state index in [9.17, 15) is 9.90 Å². The molecule has 0 atom stereocenters. The first-order chi connectivity index (χ1) is 13.6. The summed E-state index contributed by atoms with van der Waals surface area (Å²) < 4.78 is 16.2. The van der Waals surface area contributed by atoms with Gasteiger partial charge in [-0.2, -0.15) is 0 Å². The lowest BCUT2D eigenvalue weighted by molar-refractivity contribution is 0.103. The lowest BCUT2D eigenvalue weighted by Gasteiger charge is -2.16. The number of aromatic hydroxyl groups is 1. The molecule has 1 aliphatic heterocycles. The summed E-state index contributed by atoms with van der Waals surface area (Å²) >= 11 is 0. The highest BCUT2D eigenvalue weighted by molar-refractivity contribution is 6.17. The average Bonchev–Trinajstić information content (AvgIpc) is 3.38. The van der Waals surface area contributed by atoms with Crippen molar-refractivity contribution in [3.05, 3.63) is 53.3 Å². The van der Waals surface area contributed by atoms with Gasteiger partial charge in [0.1, 0.15) is 17.6 Å². The topological polar surface area (TPSA) is 72.1 Å². The maximum atomic E-state index is 13.2. The number of fused-ring (bicyclic) bond motifs is 1. The van der Waals surface area contributed by atoms with Crippen LogP contribution in [0.25, 0.3) is 11.0 Å². The summed E-state index contributed by atoms with van der Waals surface area (Å²) in [5, 5.41) is 11.2. The molecule has 0 bridgehead atoms. The van der Waals surface area contributed by atoms with Crippen molar-refractivity contribution < 1.29 is 23.8 Å². The van der Waals surface area contributed by atoms with Crippen molar-refractivity contribution in [2.45, 2.75) is 19.4 Å². The second-order valence-corrected chi connectivity index (χ2v) is 6.97. The first-order valence-electron chi connectivity index (χ1n) is 9.33. The van der Waals surface area contributed by atoms with E-state index in [1.807, 2.05) is 0 Å². The number of carbonyl (C=O) groups excluding carboxylic acids is 1. The van der Waals surface area contributed by atoms with Gasteiger partial charge in [-0.15, -0.1) is 0 Å². The summed E-state index contributed by atoms with van der Waals surface area (Å²) in [5.41, 5.74) is 2.23. The number of rotatable bonds is 6.